The number of anilines is 1. The predicted molar refractivity (Wildman–Crippen MR) is 130 cm³/mol. The Bertz CT molecular complexity index is 1160. The number of rotatable bonds is 10. The Balaban J connectivity index is 1.79. The van der Waals surface area contributed by atoms with Crippen LogP contribution in [0, 0.1) is 0 Å². The first-order valence-corrected chi connectivity index (χ1v) is 12.8. The second-order valence-electron chi connectivity index (χ2n) is 8.91. The van der Waals surface area contributed by atoms with Gasteiger partial charge >= 0.3 is 19.4 Å². The van der Waals surface area contributed by atoms with E-state index in [0.717, 1.165) is 4.57 Å². The van der Waals surface area contributed by atoms with Crippen molar-refractivity contribution < 1.29 is 33.0 Å². The molecule has 1 aliphatic rings. The second-order valence-corrected chi connectivity index (χ2v) is 10.6. The summed E-state index contributed by atoms with van der Waals surface area (Å²) in [6.07, 6.45) is -2.60. The van der Waals surface area contributed by atoms with Crippen LogP contribution in [0.3, 0.4) is 0 Å². The molecule has 0 bridgehead atoms. The lowest BCUT2D eigenvalue weighted by Gasteiger charge is -2.28. The molecule has 3 rings (SSSR count). The lowest BCUT2D eigenvalue weighted by molar-refractivity contribution is -0.149. The summed E-state index contributed by atoms with van der Waals surface area (Å²) in [6, 6.07) is 8.54. The molecule has 13 nitrogen and oxygen atoms in total. The molecule has 0 saturated carbocycles. The van der Waals surface area contributed by atoms with Crippen molar-refractivity contribution in [2.75, 3.05) is 12.3 Å². The molecule has 6 N–H and O–H groups in total. The molecule has 2 heterocycles. The summed E-state index contributed by atoms with van der Waals surface area (Å²) in [6.45, 7) is 5.85. The molecule has 6 atom stereocenters. The first-order chi connectivity index (χ1) is 16.8. The number of aliphatic hydroxyl groups excluding tert-OH is 1. The maximum absolute atomic E-state index is 13.6. The summed E-state index contributed by atoms with van der Waals surface area (Å²) in [5, 5.41) is 13.4. The van der Waals surface area contributed by atoms with Gasteiger partial charge < -0.3 is 30.6 Å². The van der Waals surface area contributed by atoms with E-state index >= 15 is 0 Å². The topological polar surface area (TPSA) is 190 Å². The predicted octanol–water partition coefficient (Wildman–Crippen LogP) is 0.935. The van der Waals surface area contributed by atoms with E-state index in [1.165, 1.54) is 26.1 Å². The van der Waals surface area contributed by atoms with Crippen molar-refractivity contribution in [3.63, 3.8) is 0 Å². The van der Waals surface area contributed by atoms with Gasteiger partial charge in [0.15, 0.2) is 6.23 Å². The van der Waals surface area contributed by atoms with E-state index in [9.17, 15) is 19.3 Å². The number of nitrogens with one attached hydrogen (secondary N) is 1. The molecule has 0 spiro atoms. The summed E-state index contributed by atoms with van der Waals surface area (Å²) < 4.78 is 36.9. The van der Waals surface area contributed by atoms with Crippen molar-refractivity contribution in [2.45, 2.75) is 63.8 Å². The fraction of sp³-hybridized carbons (Fsp3) is 0.500. The van der Waals surface area contributed by atoms with Crippen LogP contribution < -0.4 is 26.8 Å². The van der Waals surface area contributed by atoms with Crippen LogP contribution in [-0.2, 0) is 23.4 Å². The first kappa shape index (κ1) is 27.8. The summed E-state index contributed by atoms with van der Waals surface area (Å²) in [5.74, 6) is -0.428. The highest BCUT2D eigenvalue weighted by molar-refractivity contribution is 7.52. The van der Waals surface area contributed by atoms with E-state index in [-0.39, 0.29) is 17.7 Å². The number of aromatic nitrogens is 2. The van der Waals surface area contributed by atoms with Crippen molar-refractivity contribution in [3.05, 3.63) is 53.1 Å². The number of carbonyl (C=O) groups excluding carboxylic acids is 1. The Morgan fingerprint density at radius 2 is 1.97 bits per heavy atom. The van der Waals surface area contributed by atoms with Crippen LogP contribution in [0.15, 0.2) is 47.4 Å². The highest BCUT2D eigenvalue weighted by Crippen LogP contribution is 2.46. The van der Waals surface area contributed by atoms with Crippen LogP contribution in [0.25, 0.3) is 0 Å². The highest BCUT2D eigenvalue weighted by Gasteiger charge is 2.52. The van der Waals surface area contributed by atoms with Gasteiger partial charge in [-0.05, 0) is 45.9 Å². The summed E-state index contributed by atoms with van der Waals surface area (Å²) >= 11 is 0. The van der Waals surface area contributed by atoms with E-state index in [2.05, 4.69) is 10.1 Å². The Morgan fingerprint density at radius 3 is 2.58 bits per heavy atom. The van der Waals surface area contributed by atoms with Gasteiger partial charge in [-0.2, -0.15) is 10.1 Å². The summed E-state index contributed by atoms with van der Waals surface area (Å²) in [4.78, 5) is 28.3. The number of esters is 1. The number of aliphatic hydroxyl groups is 1. The molecule has 0 amide bonds. The fourth-order valence-electron chi connectivity index (χ4n) is 3.54. The molecule has 1 aliphatic heterocycles. The third-order valence-electron chi connectivity index (χ3n) is 5.36. The number of nitrogen functional groups attached to an aromatic ring is 1. The Labute approximate surface area is 208 Å². The quantitative estimate of drug-likeness (QED) is 0.254. The van der Waals surface area contributed by atoms with Gasteiger partial charge in [0.25, 0.3) is 0 Å². The molecular formula is C22H32N5O8P. The van der Waals surface area contributed by atoms with Gasteiger partial charge in [0, 0.05) is 6.20 Å². The molecule has 1 fully saturated rings. The first-order valence-electron chi connectivity index (χ1n) is 11.3. The molecule has 36 heavy (non-hydrogen) atoms. The average molecular weight is 525 g/mol. The van der Waals surface area contributed by atoms with Crippen molar-refractivity contribution in [1.29, 1.82) is 0 Å². The van der Waals surface area contributed by atoms with Gasteiger partial charge in [-0.25, -0.2) is 9.36 Å². The van der Waals surface area contributed by atoms with Gasteiger partial charge in [0.05, 0.1) is 18.2 Å². The molecule has 198 valence electrons. The number of para-hydroxylation sites is 1. The number of carbonyl (C=O) groups is 1. The maximum atomic E-state index is 13.6. The molecule has 2 aromatic rings. The highest BCUT2D eigenvalue weighted by atomic mass is 31.2. The third-order valence-corrected chi connectivity index (χ3v) is 7.01. The number of ether oxygens (including phenoxy) is 2. The van der Waals surface area contributed by atoms with E-state index in [1.807, 2.05) is 0 Å². The molecule has 14 heteroatoms. The lowest BCUT2D eigenvalue weighted by atomic mass is 9.93. The average Bonchev–Trinajstić information content (AvgIpc) is 3.01. The van der Waals surface area contributed by atoms with Crippen LogP contribution in [0.2, 0.25) is 0 Å². The van der Waals surface area contributed by atoms with Gasteiger partial charge in [-0.3, -0.25) is 13.9 Å². The maximum Gasteiger partial charge on any atom is 0.459 e. The smallest absolute Gasteiger partial charge is 0.459 e. The molecule has 1 aromatic heterocycles. The number of hydrogen-bond donors (Lipinski definition) is 4. The number of hydrogen-bond acceptors (Lipinski definition) is 11. The largest absolute Gasteiger partial charge is 0.462 e. The van der Waals surface area contributed by atoms with Crippen LogP contribution in [-0.4, -0.2) is 57.1 Å². The molecule has 0 aliphatic carbocycles. The van der Waals surface area contributed by atoms with Gasteiger partial charge in [-0.1, -0.05) is 18.2 Å². The molecule has 1 saturated heterocycles. The number of benzene rings is 1. The normalized spacial score (nSPS) is 26.4. The minimum atomic E-state index is -4.20. The van der Waals surface area contributed by atoms with Crippen LogP contribution in [0.5, 0.6) is 5.75 Å². The van der Waals surface area contributed by atoms with Gasteiger partial charge in [0.2, 0.25) is 0 Å². The minimum Gasteiger partial charge on any atom is -0.462 e. The monoisotopic (exact) mass is 525 g/mol. The van der Waals surface area contributed by atoms with E-state index in [0.29, 0.717) is 0 Å². The van der Waals surface area contributed by atoms with E-state index < -0.39 is 56.0 Å². The SMILES string of the molecule is CC(C)OC(=O)C(C)NP(=O)(OCC1OC(n2ccc(N)nc2=O)C(C)(N)C1O)Oc1ccccc1. The third kappa shape index (κ3) is 6.49. The molecule has 0 radical (unpaired) electrons. The van der Waals surface area contributed by atoms with Crippen molar-refractivity contribution in [3.8, 4) is 5.75 Å². The zero-order valence-electron chi connectivity index (χ0n) is 20.4. The van der Waals surface area contributed by atoms with Crippen molar-refractivity contribution in [1.82, 2.24) is 14.6 Å². The van der Waals surface area contributed by atoms with Crippen molar-refractivity contribution >= 4 is 19.5 Å². The molecule has 6 unspecified atom stereocenters. The van der Waals surface area contributed by atoms with E-state index in [1.54, 1.807) is 44.2 Å². The minimum absolute atomic E-state index is 0.0172. The van der Waals surface area contributed by atoms with Crippen molar-refractivity contribution in [2.24, 2.45) is 5.73 Å². The van der Waals surface area contributed by atoms with Crippen LogP contribution >= 0.6 is 7.75 Å². The second kappa shape index (κ2) is 11.1. The molecular weight excluding hydrogens is 493 g/mol. The van der Waals surface area contributed by atoms with Gasteiger partial charge in [0.1, 0.15) is 29.8 Å². The zero-order chi connectivity index (χ0) is 26.7. The number of nitrogens with zero attached hydrogens (tertiary/aromatic N) is 2. The van der Waals surface area contributed by atoms with Gasteiger partial charge in [-0.15, -0.1) is 0 Å². The number of nitrogens with two attached hydrogens (primary N) is 2. The Morgan fingerprint density at radius 1 is 1.31 bits per heavy atom. The summed E-state index contributed by atoms with van der Waals surface area (Å²) in [7, 11) is -4.20. The summed E-state index contributed by atoms with van der Waals surface area (Å²) in [5.41, 5.74) is 9.68. The zero-order valence-corrected chi connectivity index (χ0v) is 21.3. The van der Waals surface area contributed by atoms with Crippen LogP contribution in [0.1, 0.15) is 33.9 Å². The standard InChI is InChI=1S/C22H32N5O8P/c1-13(2)33-19(29)14(3)26-36(31,35-15-8-6-5-7-9-15)32-12-16-18(28)22(4,24)20(34-16)27-11-10-17(23)25-21(27)30/h5-11,13-14,16,18,20,28H,12,24H2,1-4H3,(H,26,31)(H2,23,25,30). The Kier molecular flexibility index (Phi) is 8.55. The fourth-order valence-corrected chi connectivity index (χ4v) is 5.04. The molecule has 1 aromatic carbocycles. The Hall–Kier alpha value is -2.80. The van der Waals surface area contributed by atoms with E-state index in [4.69, 9.17) is 30.0 Å². The van der Waals surface area contributed by atoms with Crippen LogP contribution in [0.4, 0.5) is 5.82 Å². The lowest BCUT2D eigenvalue weighted by Crippen LogP contribution is -2.53.